The van der Waals surface area contributed by atoms with Crippen LogP contribution in [0.4, 0.5) is 0 Å². The van der Waals surface area contributed by atoms with Gasteiger partial charge >= 0.3 is 5.97 Å². The van der Waals surface area contributed by atoms with Crippen molar-refractivity contribution in [1.82, 2.24) is 0 Å². The molecule has 2 aromatic carbocycles. The molecule has 0 fully saturated rings. The second kappa shape index (κ2) is 13.2. The maximum Gasteiger partial charge on any atom is 0.306 e. The van der Waals surface area contributed by atoms with E-state index >= 15 is 0 Å². The Labute approximate surface area is 255 Å². The highest BCUT2D eigenvalue weighted by molar-refractivity contribution is 5.78. The molecular weight excluding hydrogens is 524 g/mol. The third kappa shape index (κ3) is 9.88. The number of benzene rings is 2. The van der Waals surface area contributed by atoms with Crippen molar-refractivity contribution < 1.29 is 24.5 Å². The molecule has 0 radical (unpaired) electrons. The van der Waals surface area contributed by atoms with E-state index in [2.05, 4.69) is 83.1 Å². The quantitative estimate of drug-likeness (QED) is 0.217. The van der Waals surface area contributed by atoms with Crippen LogP contribution in [0.25, 0.3) is 0 Å². The molecule has 2 rings (SSSR count). The van der Waals surface area contributed by atoms with Crippen molar-refractivity contribution in [1.29, 1.82) is 0 Å². The Morgan fingerprint density at radius 2 is 0.905 bits per heavy atom. The molecule has 0 saturated carbocycles. The highest BCUT2D eigenvalue weighted by Crippen LogP contribution is 2.41. The number of phenols is 2. The summed E-state index contributed by atoms with van der Waals surface area (Å²) in [5.41, 5.74) is 4.77. The van der Waals surface area contributed by atoms with Gasteiger partial charge < -0.3 is 14.9 Å². The fourth-order valence-corrected chi connectivity index (χ4v) is 5.15. The number of carbonyl (C=O) groups excluding carboxylic acids is 2. The number of hydrogen-bond donors (Lipinski definition) is 2. The van der Waals surface area contributed by atoms with Gasteiger partial charge in [0.1, 0.15) is 17.3 Å². The van der Waals surface area contributed by atoms with Crippen molar-refractivity contribution in [2.24, 2.45) is 0 Å². The van der Waals surface area contributed by atoms with Crippen molar-refractivity contribution in [3.63, 3.8) is 0 Å². The number of ketones is 1. The van der Waals surface area contributed by atoms with E-state index in [1.807, 2.05) is 24.3 Å². The van der Waals surface area contributed by atoms with Gasteiger partial charge in [0, 0.05) is 19.3 Å². The van der Waals surface area contributed by atoms with E-state index in [0.29, 0.717) is 43.6 Å². The minimum Gasteiger partial charge on any atom is -0.507 e. The number of rotatable bonds is 10. The zero-order valence-corrected chi connectivity index (χ0v) is 28.4. The van der Waals surface area contributed by atoms with Crippen LogP contribution in [-0.4, -0.2) is 28.6 Å². The Bertz CT molecular complexity index is 1090. The summed E-state index contributed by atoms with van der Waals surface area (Å²) in [5.74, 6) is 0.545. The van der Waals surface area contributed by atoms with Gasteiger partial charge in [0.05, 0.1) is 6.61 Å². The van der Waals surface area contributed by atoms with Crippen molar-refractivity contribution in [2.45, 2.75) is 143 Å². The van der Waals surface area contributed by atoms with Crippen LogP contribution in [0, 0.1) is 0 Å². The normalized spacial score (nSPS) is 12.9. The Hall–Kier alpha value is -2.82. The molecule has 234 valence electrons. The highest BCUT2D eigenvalue weighted by atomic mass is 16.5. The summed E-state index contributed by atoms with van der Waals surface area (Å²) in [6.07, 6.45) is 2.68. The zero-order valence-electron chi connectivity index (χ0n) is 28.4. The maximum atomic E-state index is 12.6. The van der Waals surface area contributed by atoms with Crippen LogP contribution in [0.1, 0.15) is 142 Å². The van der Waals surface area contributed by atoms with E-state index in [9.17, 15) is 19.8 Å². The molecule has 0 atom stereocenters. The monoisotopic (exact) mass is 580 g/mol. The Morgan fingerprint density at radius 1 is 0.571 bits per heavy atom. The van der Waals surface area contributed by atoms with Crippen molar-refractivity contribution in [3.05, 3.63) is 57.6 Å². The lowest BCUT2D eigenvalue weighted by atomic mass is 9.78. The molecular formula is C37H56O5. The van der Waals surface area contributed by atoms with Gasteiger partial charge in [0.15, 0.2) is 0 Å². The number of ether oxygens (including phenoxy) is 1. The summed E-state index contributed by atoms with van der Waals surface area (Å²) >= 11 is 0. The molecule has 0 aliphatic rings. The van der Waals surface area contributed by atoms with Gasteiger partial charge in [-0.1, -0.05) is 107 Å². The van der Waals surface area contributed by atoms with Crippen molar-refractivity contribution in [3.8, 4) is 11.5 Å². The standard InChI is InChI=1S/C37H56O5/c1-34(2,3)27-20-24(21-28(32(27)40)35(4,5)6)15-17-26(38)14-13-19-42-31(39)18-16-25-22-29(36(7,8)9)33(41)30(23-25)37(10,11)12/h20-23,40-41H,13-19H2,1-12H3. The van der Waals surface area contributed by atoms with Crippen LogP contribution in [-0.2, 0) is 48.8 Å². The van der Waals surface area contributed by atoms with Gasteiger partial charge in [-0.3, -0.25) is 9.59 Å². The van der Waals surface area contributed by atoms with Gasteiger partial charge in [-0.2, -0.15) is 0 Å². The molecule has 0 heterocycles. The lowest BCUT2D eigenvalue weighted by Crippen LogP contribution is -2.18. The number of carbonyl (C=O) groups is 2. The largest absolute Gasteiger partial charge is 0.507 e. The fraction of sp³-hybridized carbons (Fsp3) is 0.622. The first-order chi connectivity index (χ1) is 19.0. The molecule has 0 aromatic heterocycles. The third-order valence-electron chi connectivity index (χ3n) is 7.74. The Kier molecular flexibility index (Phi) is 11.1. The third-order valence-corrected chi connectivity index (χ3v) is 7.74. The molecule has 42 heavy (non-hydrogen) atoms. The van der Waals surface area contributed by atoms with Crippen LogP contribution >= 0.6 is 0 Å². The number of phenolic OH excluding ortho intramolecular Hbond substituents is 2. The van der Waals surface area contributed by atoms with Gasteiger partial charge in [0.25, 0.3) is 0 Å². The van der Waals surface area contributed by atoms with Gasteiger partial charge in [0.2, 0.25) is 0 Å². The maximum absolute atomic E-state index is 12.6. The van der Waals surface area contributed by atoms with Crippen LogP contribution in [0.3, 0.4) is 0 Å². The summed E-state index contributed by atoms with van der Waals surface area (Å²) in [7, 11) is 0. The van der Waals surface area contributed by atoms with Crippen LogP contribution < -0.4 is 0 Å². The minimum absolute atomic E-state index is 0.141. The predicted molar refractivity (Wildman–Crippen MR) is 173 cm³/mol. The van der Waals surface area contributed by atoms with Gasteiger partial charge in [-0.25, -0.2) is 0 Å². The second-order valence-corrected chi connectivity index (χ2v) is 15.9. The topological polar surface area (TPSA) is 83.8 Å². The van der Waals surface area contributed by atoms with E-state index in [1.165, 1.54) is 0 Å². The predicted octanol–water partition coefficient (Wildman–Crippen LogP) is 8.75. The van der Waals surface area contributed by atoms with Gasteiger partial charge in [-0.05, 0) is 74.3 Å². The first-order valence-electron chi connectivity index (χ1n) is 15.4. The van der Waals surface area contributed by atoms with E-state index in [1.54, 1.807) is 0 Å². The number of aromatic hydroxyl groups is 2. The lowest BCUT2D eigenvalue weighted by Gasteiger charge is -2.28. The molecule has 5 nitrogen and oxygen atoms in total. The van der Waals surface area contributed by atoms with E-state index in [0.717, 1.165) is 33.4 Å². The van der Waals surface area contributed by atoms with E-state index in [-0.39, 0.29) is 46.4 Å². The molecule has 5 heteroatoms. The van der Waals surface area contributed by atoms with Crippen LogP contribution in [0.2, 0.25) is 0 Å². The lowest BCUT2D eigenvalue weighted by molar-refractivity contribution is -0.144. The molecule has 0 spiro atoms. The number of hydrogen-bond acceptors (Lipinski definition) is 5. The van der Waals surface area contributed by atoms with Gasteiger partial charge in [-0.15, -0.1) is 0 Å². The summed E-state index contributed by atoms with van der Waals surface area (Å²) in [6, 6.07) is 8.06. The Balaban J connectivity index is 1.91. The molecule has 2 N–H and O–H groups in total. The fourth-order valence-electron chi connectivity index (χ4n) is 5.15. The smallest absolute Gasteiger partial charge is 0.306 e. The first kappa shape index (κ1) is 35.4. The average Bonchev–Trinajstić information content (AvgIpc) is 2.82. The first-order valence-corrected chi connectivity index (χ1v) is 15.4. The molecule has 0 amide bonds. The Morgan fingerprint density at radius 3 is 1.24 bits per heavy atom. The number of aryl methyl sites for hydroxylation is 2. The minimum atomic E-state index is -0.279. The van der Waals surface area contributed by atoms with Crippen LogP contribution in [0.5, 0.6) is 11.5 Å². The van der Waals surface area contributed by atoms with Crippen molar-refractivity contribution >= 4 is 11.8 Å². The molecule has 0 aliphatic heterocycles. The SMILES string of the molecule is CC(C)(C)c1cc(CCC(=O)CCCOC(=O)CCc2cc(C(C)(C)C)c(O)c(C(C)(C)C)c2)cc(C(C)(C)C)c1O. The van der Waals surface area contributed by atoms with Crippen LogP contribution in [0.15, 0.2) is 24.3 Å². The summed E-state index contributed by atoms with van der Waals surface area (Å²) in [5, 5.41) is 21.9. The summed E-state index contributed by atoms with van der Waals surface area (Å²) < 4.78 is 5.45. The number of esters is 1. The number of Topliss-reactive ketones (excluding diaryl/α,β-unsaturated/α-hetero) is 1. The summed E-state index contributed by atoms with van der Waals surface area (Å²) in [6.45, 7) is 25.2. The highest BCUT2D eigenvalue weighted by Gasteiger charge is 2.28. The van der Waals surface area contributed by atoms with E-state index in [4.69, 9.17) is 4.74 Å². The molecule has 0 unspecified atom stereocenters. The summed E-state index contributed by atoms with van der Waals surface area (Å²) in [4.78, 5) is 25.1. The molecule has 0 bridgehead atoms. The van der Waals surface area contributed by atoms with E-state index < -0.39 is 0 Å². The second-order valence-electron chi connectivity index (χ2n) is 15.9. The molecule has 0 aliphatic carbocycles. The molecule has 2 aromatic rings. The zero-order chi connectivity index (χ0) is 32.3. The average molecular weight is 581 g/mol. The molecule has 0 saturated heterocycles. The van der Waals surface area contributed by atoms with Crippen molar-refractivity contribution in [2.75, 3.05) is 6.61 Å².